The van der Waals surface area contributed by atoms with Gasteiger partial charge in [0.1, 0.15) is 11.8 Å². The van der Waals surface area contributed by atoms with E-state index in [1.165, 1.54) is 0 Å². The minimum absolute atomic E-state index is 0.119. The molecule has 0 unspecified atom stereocenters. The molecule has 24 heavy (non-hydrogen) atoms. The van der Waals surface area contributed by atoms with Crippen LogP contribution in [-0.2, 0) is 9.59 Å². The number of fused-ring (bicyclic) bond motifs is 1. The summed E-state index contributed by atoms with van der Waals surface area (Å²) >= 11 is 0. The highest BCUT2D eigenvalue weighted by Gasteiger charge is 2.26. The number of rotatable bonds is 3. The maximum absolute atomic E-state index is 12.6. The molecule has 6 nitrogen and oxygen atoms in total. The Morgan fingerprint density at radius 3 is 2.75 bits per heavy atom. The van der Waals surface area contributed by atoms with Crippen molar-refractivity contribution in [3.8, 4) is 5.75 Å². The van der Waals surface area contributed by atoms with Crippen molar-refractivity contribution < 1.29 is 14.3 Å². The van der Waals surface area contributed by atoms with E-state index >= 15 is 0 Å². The number of anilines is 2. The number of nitrogens with one attached hydrogen (secondary N) is 2. The van der Waals surface area contributed by atoms with Gasteiger partial charge in [-0.25, -0.2) is 0 Å². The Balaban J connectivity index is 1.64. The van der Waals surface area contributed by atoms with E-state index in [0.717, 1.165) is 31.6 Å². The van der Waals surface area contributed by atoms with Crippen LogP contribution in [0.3, 0.4) is 0 Å². The summed E-state index contributed by atoms with van der Waals surface area (Å²) in [5.74, 6) is 1.31. The third kappa shape index (κ3) is 3.47. The molecule has 0 aliphatic carbocycles. The number of piperidine rings is 1. The number of amides is 2. The normalized spacial score (nSPS) is 22.2. The van der Waals surface area contributed by atoms with Gasteiger partial charge in [0.2, 0.25) is 5.91 Å². The van der Waals surface area contributed by atoms with E-state index in [2.05, 4.69) is 17.6 Å². The maximum atomic E-state index is 12.6. The van der Waals surface area contributed by atoms with Gasteiger partial charge in [0.15, 0.2) is 6.10 Å². The maximum Gasteiger partial charge on any atom is 0.265 e. The Bertz CT molecular complexity index is 638. The predicted octanol–water partition coefficient (Wildman–Crippen LogP) is 2.46. The van der Waals surface area contributed by atoms with E-state index in [0.29, 0.717) is 17.4 Å². The van der Waals surface area contributed by atoms with Crippen LogP contribution in [0.5, 0.6) is 5.75 Å². The van der Waals surface area contributed by atoms with Crippen LogP contribution < -0.4 is 15.4 Å². The monoisotopic (exact) mass is 331 g/mol. The second kappa shape index (κ2) is 6.71. The first-order chi connectivity index (χ1) is 11.4. The average Bonchev–Trinajstić information content (AvgIpc) is 2.56. The zero-order valence-corrected chi connectivity index (χ0v) is 14.5. The Morgan fingerprint density at radius 2 is 2.04 bits per heavy atom. The third-order valence-electron chi connectivity index (χ3n) is 4.76. The quantitative estimate of drug-likeness (QED) is 0.892. The highest BCUT2D eigenvalue weighted by Crippen LogP contribution is 2.32. The van der Waals surface area contributed by atoms with Gasteiger partial charge in [-0.3, -0.25) is 9.59 Å². The number of likely N-dealkylation sites (tertiary alicyclic amines) is 1. The predicted molar refractivity (Wildman–Crippen MR) is 93.2 cm³/mol. The van der Waals surface area contributed by atoms with Crippen molar-refractivity contribution in [2.24, 2.45) is 5.92 Å². The number of hydrogen-bond donors (Lipinski definition) is 2. The number of hydrogen-bond acceptors (Lipinski definition) is 4. The van der Waals surface area contributed by atoms with Gasteiger partial charge >= 0.3 is 0 Å². The van der Waals surface area contributed by atoms with Crippen LogP contribution in [0.15, 0.2) is 18.2 Å². The van der Waals surface area contributed by atoms with Gasteiger partial charge in [0.25, 0.3) is 5.91 Å². The number of carbonyl (C=O) groups is 2. The molecule has 0 bridgehead atoms. The van der Waals surface area contributed by atoms with E-state index < -0.39 is 6.10 Å². The lowest BCUT2D eigenvalue weighted by Gasteiger charge is -2.32. The molecule has 2 atom stereocenters. The molecule has 2 N–H and O–H groups in total. The lowest BCUT2D eigenvalue weighted by Crippen LogP contribution is -2.45. The fraction of sp³-hybridized carbons (Fsp3) is 0.556. The zero-order valence-electron chi connectivity index (χ0n) is 14.5. The molecule has 130 valence electrons. The van der Waals surface area contributed by atoms with Crippen molar-refractivity contribution in [1.29, 1.82) is 0 Å². The molecule has 1 aromatic rings. The summed E-state index contributed by atoms with van der Waals surface area (Å²) in [5.41, 5.74) is 1.42. The van der Waals surface area contributed by atoms with Crippen LogP contribution >= 0.6 is 0 Å². The molecule has 3 rings (SSSR count). The molecular formula is C18H25N3O3. The van der Waals surface area contributed by atoms with Gasteiger partial charge < -0.3 is 20.3 Å². The molecule has 2 heterocycles. The Kier molecular flexibility index (Phi) is 4.64. The smallest absolute Gasteiger partial charge is 0.265 e. The molecule has 6 heteroatoms. The largest absolute Gasteiger partial charge is 0.479 e. The van der Waals surface area contributed by atoms with Crippen molar-refractivity contribution in [1.82, 2.24) is 4.90 Å². The Hall–Kier alpha value is -2.24. The van der Waals surface area contributed by atoms with Crippen molar-refractivity contribution in [2.75, 3.05) is 23.7 Å². The van der Waals surface area contributed by atoms with Crippen LogP contribution in [0.1, 0.15) is 33.6 Å². The van der Waals surface area contributed by atoms with Gasteiger partial charge in [0, 0.05) is 18.8 Å². The van der Waals surface area contributed by atoms with E-state index in [-0.39, 0.29) is 17.9 Å². The zero-order chi connectivity index (χ0) is 17.3. The molecule has 1 saturated heterocycles. The van der Waals surface area contributed by atoms with Crippen LogP contribution in [0.25, 0.3) is 0 Å². The van der Waals surface area contributed by atoms with Crippen molar-refractivity contribution in [3.63, 3.8) is 0 Å². The van der Waals surface area contributed by atoms with Crippen molar-refractivity contribution in [3.05, 3.63) is 18.2 Å². The van der Waals surface area contributed by atoms with Crippen LogP contribution in [-0.4, -0.2) is 41.9 Å². The minimum Gasteiger partial charge on any atom is -0.479 e. The molecule has 2 aliphatic heterocycles. The summed E-state index contributed by atoms with van der Waals surface area (Å²) in [6.07, 6.45) is 1.65. The molecule has 1 aromatic carbocycles. The summed E-state index contributed by atoms with van der Waals surface area (Å²) in [6, 6.07) is 5.18. The van der Waals surface area contributed by atoms with Crippen molar-refractivity contribution in [2.45, 2.75) is 45.8 Å². The number of benzene rings is 1. The first kappa shape index (κ1) is 16.6. The summed E-state index contributed by atoms with van der Waals surface area (Å²) in [7, 11) is 0. The van der Waals surface area contributed by atoms with Gasteiger partial charge in [-0.2, -0.15) is 0 Å². The highest BCUT2D eigenvalue weighted by molar-refractivity contribution is 5.98. The van der Waals surface area contributed by atoms with Crippen LogP contribution in [0.2, 0.25) is 0 Å². The standard InChI is InChI=1S/C18H25N3O3/c1-11-6-8-21(9-7-11)18(23)12(2)19-14-4-5-16-15(10-14)20-17(22)13(3)24-16/h4-5,10-13,19H,6-9H2,1-3H3,(H,20,22)/t12-,13-/m1/s1. The van der Waals surface area contributed by atoms with Gasteiger partial charge in [0.05, 0.1) is 5.69 Å². The van der Waals surface area contributed by atoms with E-state index in [4.69, 9.17) is 4.74 Å². The first-order valence-corrected chi connectivity index (χ1v) is 8.61. The fourth-order valence-electron chi connectivity index (χ4n) is 3.11. The summed E-state index contributed by atoms with van der Waals surface area (Å²) < 4.78 is 5.54. The lowest BCUT2D eigenvalue weighted by molar-refractivity contribution is -0.133. The topological polar surface area (TPSA) is 70.7 Å². The lowest BCUT2D eigenvalue weighted by atomic mass is 9.99. The molecule has 0 spiro atoms. The van der Waals surface area contributed by atoms with E-state index in [1.54, 1.807) is 13.0 Å². The molecular weight excluding hydrogens is 306 g/mol. The van der Waals surface area contributed by atoms with Crippen molar-refractivity contribution >= 4 is 23.2 Å². The highest BCUT2D eigenvalue weighted by atomic mass is 16.5. The molecule has 0 saturated carbocycles. The number of ether oxygens (including phenoxy) is 1. The number of nitrogens with zero attached hydrogens (tertiary/aromatic N) is 1. The molecule has 2 amide bonds. The van der Waals surface area contributed by atoms with E-state index in [9.17, 15) is 9.59 Å². The first-order valence-electron chi connectivity index (χ1n) is 8.61. The SMILES string of the molecule is CC1CCN(C(=O)[C@@H](C)Nc2ccc3c(c2)NC(=O)[C@@H](C)O3)CC1. The average molecular weight is 331 g/mol. The third-order valence-corrected chi connectivity index (χ3v) is 4.76. The van der Waals surface area contributed by atoms with Gasteiger partial charge in [-0.05, 0) is 50.8 Å². The van der Waals surface area contributed by atoms with Gasteiger partial charge in [-0.15, -0.1) is 0 Å². The number of carbonyl (C=O) groups excluding carboxylic acids is 2. The van der Waals surface area contributed by atoms with E-state index in [1.807, 2.05) is 24.0 Å². The fourth-order valence-corrected chi connectivity index (χ4v) is 3.11. The molecule has 0 aromatic heterocycles. The minimum atomic E-state index is -0.488. The Labute approximate surface area is 142 Å². The molecule has 0 radical (unpaired) electrons. The van der Waals surface area contributed by atoms with Crippen LogP contribution in [0.4, 0.5) is 11.4 Å². The second-order valence-corrected chi connectivity index (χ2v) is 6.83. The van der Waals surface area contributed by atoms with Gasteiger partial charge in [-0.1, -0.05) is 6.92 Å². The summed E-state index contributed by atoms with van der Waals surface area (Å²) in [6.45, 7) is 7.48. The molecule has 1 fully saturated rings. The molecule has 2 aliphatic rings. The Morgan fingerprint density at radius 1 is 1.33 bits per heavy atom. The van der Waals surface area contributed by atoms with Crippen LogP contribution in [0, 0.1) is 5.92 Å². The summed E-state index contributed by atoms with van der Waals surface area (Å²) in [4.78, 5) is 26.2. The summed E-state index contributed by atoms with van der Waals surface area (Å²) in [5, 5.41) is 6.05. The second-order valence-electron chi connectivity index (χ2n) is 6.83.